The Morgan fingerprint density at radius 1 is 1.33 bits per heavy atom. The number of ether oxygens (including phenoxy) is 2. The van der Waals surface area contributed by atoms with Crippen molar-refractivity contribution in [3.05, 3.63) is 18.2 Å². The highest BCUT2D eigenvalue weighted by atomic mass is 32.2. The largest absolute Gasteiger partial charge is 0.495 e. The van der Waals surface area contributed by atoms with Crippen LogP contribution in [0, 0.1) is 5.41 Å². The van der Waals surface area contributed by atoms with Gasteiger partial charge in [-0.1, -0.05) is 13.8 Å². The molecule has 1 aliphatic rings. The topological polar surface area (TPSA) is 90.7 Å². The number of rotatable bonds is 5. The van der Waals surface area contributed by atoms with Crippen molar-refractivity contribution < 1.29 is 17.9 Å². The second kappa shape index (κ2) is 5.47. The first kappa shape index (κ1) is 16.1. The number of hydrogen-bond acceptors (Lipinski definition) is 5. The highest BCUT2D eigenvalue weighted by Crippen LogP contribution is 2.43. The zero-order valence-electron chi connectivity index (χ0n) is 12.7. The molecule has 2 rings (SSSR count). The predicted octanol–water partition coefficient (Wildman–Crippen LogP) is 1.37. The van der Waals surface area contributed by atoms with Crippen LogP contribution in [0.3, 0.4) is 0 Å². The van der Waals surface area contributed by atoms with E-state index in [1.165, 1.54) is 19.2 Å². The average molecular weight is 314 g/mol. The molecule has 0 amide bonds. The average Bonchev–Trinajstić information content (AvgIpc) is 2.42. The van der Waals surface area contributed by atoms with Gasteiger partial charge in [0.25, 0.3) is 0 Å². The Bertz CT molecular complexity index is 628. The molecule has 1 saturated carbocycles. The maximum absolute atomic E-state index is 12.5. The van der Waals surface area contributed by atoms with E-state index in [1.54, 1.807) is 13.2 Å². The van der Waals surface area contributed by atoms with Gasteiger partial charge in [-0.2, -0.15) is 0 Å². The van der Waals surface area contributed by atoms with Crippen LogP contribution >= 0.6 is 0 Å². The molecule has 0 radical (unpaired) electrons. The Labute approximate surface area is 125 Å². The summed E-state index contributed by atoms with van der Waals surface area (Å²) in [7, 11) is -0.611. The van der Waals surface area contributed by atoms with E-state index >= 15 is 0 Å². The quantitative estimate of drug-likeness (QED) is 0.801. The maximum atomic E-state index is 12.5. The van der Waals surface area contributed by atoms with Gasteiger partial charge in [0.15, 0.2) is 0 Å². The number of nitrogens with two attached hydrogens (primary N) is 1. The molecule has 21 heavy (non-hydrogen) atoms. The first-order chi connectivity index (χ1) is 9.72. The van der Waals surface area contributed by atoms with Crippen molar-refractivity contribution in [2.24, 2.45) is 5.41 Å². The summed E-state index contributed by atoms with van der Waals surface area (Å²) >= 11 is 0. The second-order valence-corrected chi connectivity index (χ2v) is 7.55. The van der Waals surface area contributed by atoms with Crippen molar-refractivity contribution in [3.63, 3.8) is 0 Å². The molecule has 1 aromatic carbocycles. The summed E-state index contributed by atoms with van der Waals surface area (Å²) < 4.78 is 38.3. The number of nitrogen functional groups attached to an aromatic ring is 1. The SMILES string of the molecule is COc1cc(N)ccc1S(=O)(=O)NC1CC(OC)C1(C)C. The Morgan fingerprint density at radius 2 is 2.00 bits per heavy atom. The van der Waals surface area contributed by atoms with Gasteiger partial charge in [0.2, 0.25) is 10.0 Å². The number of nitrogens with one attached hydrogen (secondary N) is 1. The molecular formula is C14H22N2O4S. The molecule has 0 aliphatic heterocycles. The number of benzene rings is 1. The van der Waals surface area contributed by atoms with Crippen molar-refractivity contribution in [2.45, 2.75) is 37.3 Å². The van der Waals surface area contributed by atoms with Gasteiger partial charge in [0.1, 0.15) is 10.6 Å². The van der Waals surface area contributed by atoms with Crippen molar-refractivity contribution in [1.29, 1.82) is 0 Å². The lowest BCUT2D eigenvalue weighted by Crippen LogP contribution is -2.61. The van der Waals surface area contributed by atoms with Crippen LogP contribution in [0.2, 0.25) is 0 Å². The number of methoxy groups -OCH3 is 2. The molecule has 0 saturated heterocycles. The normalized spacial score (nSPS) is 24.4. The summed E-state index contributed by atoms with van der Waals surface area (Å²) in [4.78, 5) is 0.0934. The first-order valence-electron chi connectivity index (χ1n) is 6.71. The summed E-state index contributed by atoms with van der Waals surface area (Å²) in [5.74, 6) is 0.239. The van der Waals surface area contributed by atoms with Gasteiger partial charge in [0.05, 0.1) is 13.2 Å². The Morgan fingerprint density at radius 3 is 2.52 bits per heavy atom. The molecule has 0 heterocycles. The molecule has 3 N–H and O–H groups in total. The monoisotopic (exact) mass is 314 g/mol. The Hall–Kier alpha value is -1.31. The van der Waals surface area contributed by atoms with E-state index in [0.717, 1.165) is 0 Å². The highest BCUT2D eigenvalue weighted by Gasteiger charge is 2.50. The van der Waals surface area contributed by atoms with Crippen molar-refractivity contribution in [3.8, 4) is 5.75 Å². The van der Waals surface area contributed by atoms with Crippen LogP contribution < -0.4 is 15.2 Å². The van der Waals surface area contributed by atoms with E-state index < -0.39 is 10.0 Å². The van der Waals surface area contributed by atoms with Crippen LogP contribution in [0.4, 0.5) is 5.69 Å². The van der Waals surface area contributed by atoms with Gasteiger partial charge >= 0.3 is 0 Å². The minimum atomic E-state index is -3.67. The van der Waals surface area contributed by atoms with Gasteiger partial charge in [0, 0.05) is 30.3 Å². The predicted molar refractivity (Wildman–Crippen MR) is 80.7 cm³/mol. The van der Waals surface area contributed by atoms with Gasteiger partial charge < -0.3 is 15.2 Å². The zero-order valence-corrected chi connectivity index (χ0v) is 13.5. The molecule has 0 aromatic heterocycles. The smallest absolute Gasteiger partial charge is 0.244 e. The van der Waals surface area contributed by atoms with Gasteiger partial charge in [-0.25, -0.2) is 13.1 Å². The molecule has 2 atom stereocenters. The van der Waals surface area contributed by atoms with Crippen LogP contribution in [0.1, 0.15) is 20.3 Å². The zero-order chi connectivity index (χ0) is 15.8. The fourth-order valence-electron chi connectivity index (χ4n) is 2.64. The maximum Gasteiger partial charge on any atom is 0.244 e. The molecule has 0 spiro atoms. The van der Waals surface area contributed by atoms with Crippen molar-refractivity contribution in [2.75, 3.05) is 20.0 Å². The molecule has 2 unspecified atom stereocenters. The molecular weight excluding hydrogens is 292 g/mol. The van der Waals surface area contributed by atoms with Crippen LogP contribution in [-0.4, -0.2) is 34.8 Å². The third-order valence-corrected chi connectivity index (χ3v) is 5.75. The van der Waals surface area contributed by atoms with Crippen molar-refractivity contribution >= 4 is 15.7 Å². The van der Waals surface area contributed by atoms with E-state index in [-0.39, 0.29) is 28.2 Å². The van der Waals surface area contributed by atoms with E-state index in [2.05, 4.69) is 4.72 Å². The number of sulfonamides is 1. The van der Waals surface area contributed by atoms with E-state index in [4.69, 9.17) is 15.2 Å². The van der Waals surface area contributed by atoms with E-state index in [1.807, 2.05) is 13.8 Å². The minimum Gasteiger partial charge on any atom is -0.495 e. The molecule has 6 nitrogen and oxygen atoms in total. The van der Waals surface area contributed by atoms with Gasteiger partial charge in [-0.3, -0.25) is 0 Å². The van der Waals surface area contributed by atoms with E-state index in [9.17, 15) is 8.42 Å². The summed E-state index contributed by atoms with van der Waals surface area (Å²) in [5, 5.41) is 0. The first-order valence-corrected chi connectivity index (χ1v) is 8.19. The lowest BCUT2D eigenvalue weighted by Gasteiger charge is -2.50. The van der Waals surface area contributed by atoms with Crippen LogP contribution in [0.15, 0.2) is 23.1 Å². The standard InChI is InChI=1S/C14H22N2O4S/c1-14(2)12(8-13(14)20-4)16-21(17,18)11-6-5-9(15)7-10(11)19-3/h5-7,12-13,16H,8,15H2,1-4H3. The summed E-state index contributed by atoms with van der Waals surface area (Å²) in [5.41, 5.74) is 5.86. The third-order valence-electron chi connectivity index (χ3n) is 4.24. The van der Waals surface area contributed by atoms with Gasteiger partial charge in [-0.15, -0.1) is 0 Å². The molecule has 1 fully saturated rings. The highest BCUT2D eigenvalue weighted by molar-refractivity contribution is 7.89. The summed E-state index contributed by atoms with van der Waals surface area (Å²) in [6, 6.07) is 4.32. The number of hydrogen-bond donors (Lipinski definition) is 2. The fourth-order valence-corrected chi connectivity index (χ4v) is 4.20. The van der Waals surface area contributed by atoms with E-state index in [0.29, 0.717) is 12.1 Å². The Kier molecular flexibility index (Phi) is 4.19. The van der Waals surface area contributed by atoms with Gasteiger partial charge in [-0.05, 0) is 18.6 Å². The minimum absolute atomic E-state index is 0.0542. The third kappa shape index (κ3) is 2.86. The Balaban J connectivity index is 2.25. The van der Waals surface area contributed by atoms with Crippen LogP contribution in [0.5, 0.6) is 5.75 Å². The number of anilines is 1. The fraction of sp³-hybridized carbons (Fsp3) is 0.571. The lowest BCUT2D eigenvalue weighted by atomic mass is 9.65. The summed E-state index contributed by atoms with van der Waals surface area (Å²) in [6.07, 6.45) is 0.707. The molecule has 1 aliphatic carbocycles. The summed E-state index contributed by atoms with van der Waals surface area (Å²) in [6.45, 7) is 3.97. The molecule has 0 bridgehead atoms. The second-order valence-electron chi connectivity index (χ2n) is 5.87. The lowest BCUT2D eigenvalue weighted by molar-refractivity contribution is -0.0908. The molecule has 7 heteroatoms. The van der Waals surface area contributed by atoms with Crippen molar-refractivity contribution in [1.82, 2.24) is 4.72 Å². The van der Waals surface area contributed by atoms with Crippen LogP contribution in [0.25, 0.3) is 0 Å². The molecule has 1 aromatic rings. The molecule has 118 valence electrons. The van der Waals surface area contributed by atoms with Crippen LogP contribution in [-0.2, 0) is 14.8 Å².